The average molecular weight is 333 g/mol. The highest BCUT2D eigenvalue weighted by Crippen LogP contribution is 2.60. The summed E-state index contributed by atoms with van der Waals surface area (Å²) in [7, 11) is 0. The first-order valence-electron chi connectivity index (χ1n) is 9.81. The fourth-order valence-electron chi connectivity index (χ4n) is 6.29. The Labute approximate surface area is 150 Å². The Morgan fingerprint density at radius 1 is 0.960 bits per heavy atom. The number of benzene rings is 1. The van der Waals surface area contributed by atoms with Crippen molar-refractivity contribution >= 4 is 11.9 Å². The van der Waals surface area contributed by atoms with Gasteiger partial charge in [-0.05, 0) is 99.3 Å². The van der Waals surface area contributed by atoms with Crippen LogP contribution in [-0.2, 0) is 5.41 Å². The molecule has 0 spiro atoms. The van der Waals surface area contributed by atoms with Crippen molar-refractivity contribution in [3.8, 4) is 0 Å². The maximum Gasteiger partial charge on any atom is 0.109 e. The van der Waals surface area contributed by atoms with Gasteiger partial charge in [0.25, 0.3) is 0 Å². The molecule has 0 radical (unpaired) electrons. The Bertz CT molecular complexity index is 776. The Morgan fingerprint density at radius 3 is 2.08 bits per heavy atom. The van der Waals surface area contributed by atoms with Crippen LogP contribution in [0.15, 0.2) is 39.7 Å². The molecule has 25 heavy (non-hydrogen) atoms. The van der Waals surface area contributed by atoms with E-state index < -0.39 is 0 Å². The number of hydrogen-bond acceptors (Lipinski definition) is 2. The fraction of sp³-hybridized carbons (Fsp3) is 0.522. The van der Waals surface area contributed by atoms with Gasteiger partial charge in [-0.15, -0.1) is 0 Å². The van der Waals surface area contributed by atoms with Gasteiger partial charge in [-0.1, -0.05) is 12.1 Å². The Balaban J connectivity index is 1.38. The van der Waals surface area contributed by atoms with Crippen LogP contribution in [0.3, 0.4) is 0 Å². The first-order valence-corrected chi connectivity index (χ1v) is 9.81. The molecule has 0 amide bonds. The van der Waals surface area contributed by atoms with Crippen molar-refractivity contribution in [2.24, 2.45) is 22.7 Å². The molecule has 6 rings (SSSR count). The highest BCUT2D eigenvalue weighted by Gasteiger charge is 2.51. The van der Waals surface area contributed by atoms with Gasteiger partial charge in [0.15, 0.2) is 0 Å². The van der Waals surface area contributed by atoms with E-state index in [9.17, 15) is 0 Å². The van der Waals surface area contributed by atoms with Gasteiger partial charge >= 0.3 is 0 Å². The summed E-state index contributed by atoms with van der Waals surface area (Å²) in [5.74, 6) is 4.87. The molecule has 4 aliphatic carbocycles. The third kappa shape index (κ3) is 2.67. The normalized spacial score (nSPS) is 33.4. The number of hydrogen-bond donors (Lipinski definition) is 0. The average Bonchev–Trinajstić information content (AvgIpc) is 2.90. The molecule has 0 unspecified atom stereocenters. The summed E-state index contributed by atoms with van der Waals surface area (Å²) < 4.78 is 5.57. The summed E-state index contributed by atoms with van der Waals surface area (Å²) in [6.07, 6.45) is 10.7. The first kappa shape index (κ1) is 15.4. The Hall–Kier alpha value is -1.83. The predicted octanol–water partition coefficient (Wildman–Crippen LogP) is 6.11. The standard InChI is InChI=1S/C23H27NO/c1-15-7-20(16(2)25-15)14-24-22-5-3-21(4-6-22)23-11-17-8-18(12-23)10-19(9-17)13-23/h3-7,14,17-19H,8-13H2,1-2H3. The summed E-state index contributed by atoms with van der Waals surface area (Å²) in [6.45, 7) is 3.97. The third-order valence-electron chi connectivity index (χ3n) is 6.95. The lowest BCUT2D eigenvalue weighted by Crippen LogP contribution is -2.48. The van der Waals surface area contributed by atoms with E-state index in [0.29, 0.717) is 5.41 Å². The molecule has 0 N–H and O–H groups in total. The van der Waals surface area contributed by atoms with Crippen molar-refractivity contribution in [1.82, 2.24) is 0 Å². The zero-order chi connectivity index (χ0) is 17.0. The number of aliphatic imine (C=N–C) groups is 1. The monoisotopic (exact) mass is 333 g/mol. The van der Waals surface area contributed by atoms with Gasteiger partial charge in [-0.3, -0.25) is 4.99 Å². The molecule has 4 bridgehead atoms. The molecule has 1 aromatic carbocycles. The minimum absolute atomic E-state index is 0.481. The third-order valence-corrected chi connectivity index (χ3v) is 6.95. The van der Waals surface area contributed by atoms with Crippen molar-refractivity contribution < 1.29 is 4.42 Å². The molecule has 4 fully saturated rings. The second-order valence-electron chi connectivity index (χ2n) is 8.87. The maximum atomic E-state index is 5.57. The molecule has 0 aliphatic heterocycles. The summed E-state index contributed by atoms with van der Waals surface area (Å²) in [4.78, 5) is 4.65. The van der Waals surface area contributed by atoms with Crippen LogP contribution in [0.5, 0.6) is 0 Å². The number of nitrogens with zero attached hydrogens (tertiary/aromatic N) is 1. The van der Waals surface area contributed by atoms with E-state index in [-0.39, 0.29) is 0 Å². The van der Waals surface area contributed by atoms with Crippen LogP contribution in [0, 0.1) is 31.6 Å². The van der Waals surface area contributed by atoms with Crippen LogP contribution in [0.2, 0.25) is 0 Å². The smallest absolute Gasteiger partial charge is 0.109 e. The maximum absolute atomic E-state index is 5.57. The molecule has 2 nitrogen and oxygen atoms in total. The first-order chi connectivity index (χ1) is 12.1. The largest absolute Gasteiger partial charge is 0.466 e. The van der Waals surface area contributed by atoms with E-state index in [0.717, 1.165) is 40.5 Å². The minimum atomic E-state index is 0.481. The van der Waals surface area contributed by atoms with E-state index in [2.05, 4.69) is 29.3 Å². The fourth-order valence-corrected chi connectivity index (χ4v) is 6.29. The molecule has 0 saturated heterocycles. The summed E-state index contributed by atoms with van der Waals surface area (Å²) in [5, 5.41) is 0. The molecule has 1 aromatic heterocycles. The van der Waals surface area contributed by atoms with E-state index in [4.69, 9.17) is 4.42 Å². The highest BCUT2D eigenvalue weighted by molar-refractivity contribution is 5.83. The SMILES string of the molecule is Cc1cc(C=Nc2ccc(C34CC5CC(CC(C5)C3)C4)cc2)c(C)o1. The number of aryl methyl sites for hydroxylation is 2. The van der Waals surface area contributed by atoms with Gasteiger partial charge < -0.3 is 4.42 Å². The van der Waals surface area contributed by atoms with Crippen LogP contribution in [0.25, 0.3) is 0 Å². The second kappa shape index (κ2) is 5.59. The highest BCUT2D eigenvalue weighted by atomic mass is 16.3. The van der Waals surface area contributed by atoms with Gasteiger partial charge in [0.2, 0.25) is 0 Å². The summed E-state index contributed by atoms with van der Waals surface area (Å²) in [6, 6.07) is 11.2. The van der Waals surface area contributed by atoms with Crippen LogP contribution >= 0.6 is 0 Å². The molecule has 4 saturated carbocycles. The Morgan fingerprint density at radius 2 is 1.56 bits per heavy atom. The van der Waals surface area contributed by atoms with Crippen LogP contribution in [0.4, 0.5) is 5.69 Å². The van der Waals surface area contributed by atoms with Crippen molar-refractivity contribution in [3.63, 3.8) is 0 Å². The lowest BCUT2D eigenvalue weighted by molar-refractivity contribution is -0.00518. The molecular weight excluding hydrogens is 306 g/mol. The zero-order valence-electron chi connectivity index (χ0n) is 15.3. The van der Waals surface area contributed by atoms with Gasteiger partial charge in [0, 0.05) is 11.8 Å². The molecule has 2 aromatic rings. The van der Waals surface area contributed by atoms with Gasteiger partial charge in [0.1, 0.15) is 11.5 Å². The topological polar surface area (TPSA) is 25.5 Å². The summed E-state index contributed by atoms with van der Waals surface area (Å²) in [5.41, 5.74) is 4.16. The summed E-state index contributed by atoms with van der Waals surface area (Å²) >= 11 is 0. The van der Waals surface area contributed by atoms with Crippen LogP contribution < -0.4 is 0 Å². The lowest BCUT2D eigenvalue weighted by atomic mass is 9.48. The van der Waals surface area contributed by atoms with Crippen LogP contribution in [0.1, 0.15) is 61.2 Å². The lowest BCUT2D eigenvalue weighted by Gasteiger charge is -2.57. The van der Waals surface area contributed by atoms with Gasteiger partial charge in [0.05, 0.1) is 5.69 Å². The molecule has 130 valence electrons. The minimum Gasteiger partial charge on any atom is -0.466 e. The van der Waals surface area contributed by atoms with Crippen molar-refractivity contribution in [2.45, 2.75) is 57.8 Å². The molecular formula is C23H27NO. The van der Waals surface area contributed by atoms with E-state index in [1.807, 2.05) is 26.1 Å². The van der Waals surface area contributed by atoms with Gasteiger partial charge in [-0.25, -0.2) is 0 Å². The second-order valence-corrected chi connectivity index (χ2v) is 8.87. The number of rotatable bonds is 3. The Kier molecular flexibility index (Phi) is 3.45. The van der Waals surface area contributed by atoms with E-state index in [1.165, 1.54) is 38.5 Å². The predicted molar refractivity (Wildman–Crippen MR) is 102 cm³/mol. The van der Waals surface area contributed by atoms with Crippen LogP contribution in [-0.4, -0.2) is 6.21 Å². The van der Waals surface area contributed by atoms with Crippen molar-refractivity contribution in [2.75, 3.05) is 0 Å². The van der Waals surface area contributed by atoms with Crippen molar-refractivity contribution in [3.05, 3.63) is 53.0 Å². The molecule has 0 atom stereocenters. The van der Waals surface area contributed by atoms with E-state index in [1.54, 1.807) is 5.56 Å². The zero-order valence-corrected chi connectivity index (χ0v) is 15.3. The molecule has 4 aliphatic rings. The van der Waals surface area contributed by atoms with E-state index >= 15 is 0 Å². The molecule has 1 heterocycles. The van der Waals surface area contributed by atoms with Gasteiger partial charge in [-0.2, -0.15) is 0 Å². The molecule has 2 heteroatoms. The quantitative estimate of drug-likeness (QED) is 0.622. The number of furan rings is 1. The van der Waals surface area contributed by atoms with Crippen molar-refractivity contribution in [1.29, 1.82) is 0 Å².